The summed E-state index contributed by atoms with van der Waals surface area (Å²) in [6.07, 6.45) is 1.42. The number of nitrogens with two attached hydrogens (primary N) is 1. The van der Waals surface area contributed by atoms with Gasteiger partial charge in [-0.05, 0) is 17.7 Å². The van der Waals surface area contributed by atoms with Crippen LogP contribution in [0.15, 0.2) is 54.9 Å². The van der Waals surface area contributed by atoms with E-state index in [0.717, 1.165) is 16.7 Å². The van der Waals surface area contributed by atoms with Crippen LogP contribution in [0.25, 0.3) is 28.0 Å². The molecular weight excluding hydrogens is 326 g/mol. The minimum atomic E-state index is 0.0163. The minimum absolute atomic E-state index is 0.0163. The quantitative estimate of drug-likeness (QED) is 0.585. The Hall–Kier alpha value is -3.12. The van der Waals surface area contributed by atoms with Gasteiger partial charge in [-0.2, -0.15) is 9.61 Å². The van der Waals surface area contributed by atoms with Crippen LogP contribution in [0, 0.1) is 0 Å². The standard InChI is InChI=1S/C17H12ClN5O/c18-12-8-11(6-7-13(12)24)14-15(10-4-2-1-3-5-10)22-17(19)23-16(14)20-9-21-23/h1-9,24H,(H2,19,22). The average molecular weight is 338 g/mol. The van der Waals surface area contributed by atoms with Gasteiger partial charge in [0.05, 0.1) is 16.3 Å². The van der Waals surface area contributed by atoms with E-state index >= 15 is 0 Å². The lowest BCUT2D eigenvalue weighted by atomic mass is 10.00. The molecule has 0 saturated heterocycles. The third-order valence-corrected chi connectivity index (χ3v) is 4.04. The molecule has 0 spiro atoms. The van der Waals surface area contributed by atoms with E-state index in [4.69, 9.17) is 17.3 Å². The van der Waals surface area contributed by atoms with Gasteiger partial charge in [0.25, 0.3) is 0 Å². The summed E-state index contributed by atoms with van der Waals surface area (Å²) in [6.45, 7) is 0. The summed E-state index contributed by atoms with van der Waals surface area (Å²) >= 11 is 6.08. The van der Waals surface area contributed by atoms with Crippen molar-refractivity contribution in [3.63, 3.8) is 0 Å². The Labute approximate surface area is 142 Å². The van der Waals surface area contributed by atoms with E-state index in [1.807, 2.05) is 30.3 Å². The number of hydrogen-bond donors (Lipinski definition) is 2. The van der Waals surface area contributed by atoms with Crippen LogP contribution >= 0.6 is 11.6 Å². The Bertz CT molecular complexity index is 1050. The smallest absolute Gasteiger partial charge is 0.223 e. The molecular formula is C17H12ClN5O. The molecule has 0 atom stereocenters. The second kappa shape index (κ2) is 5.50. The number of nitrogens with zero attached hydrogens (tertiary/aromatic N) is 4. The van der Waals surface area contributed by atoms with Crippen molar-refractivity contribution in [3.8, 4) is 28.1 Å². The normalized spacial score (nSPS) is 11.0. The Morgan fingerprint density at radius 1 is 1.04 bits per heavy atom. The maximum atomic E-state index is 9.69. The number of nitrogen functional groups attached to an aromatic ring is 1. The first-order valence-electron chi connectivity index (χ1n) is 7.18. The Morgan fingerprint density at radius 3 is 2.58 bits per heavy atom. The first kappa shape index (κ1) is 14.5. The lowest BCUT2D eigenvalue weighted by Crippen LogP contribution is -2.05. The topological polar surface area (TPSA) is 89.3 Å². The molecule has 6 nitrogen and oxygen atoms in total. The molecule has 0 unspecified atom stereocenters. The molecule has 0 bridgehead atoms. The predicted octanol–water partition coefficient (Wildman–Crippen LogP) is 3.40. The molecule has 0 aliphatic carbocycles. The first-order chi connectivity index (χ1) is 11.6. The number of anilines is 1. The fourth-order valence-electron chi connectivity index (χ4n) is 2.64. The number of benzene rings is 2. The van der Waals surface area contributed by atoms with E-state index in [-0.39, 0.29) is 16.7 Å². The van der Waals surface area contributed by atoms with Crippen LogP contribution in [-0.2, 0) is 0 Å². The number of aromatic hydroxyl groups is 1. The van der Waals surface area contributed by atoms with Gasteiger partial charge in [0.1, 0.15) is 12.1 Å². The Morgan fingerprint density at radius 2 is 1.83 bits per heavy atom. The fraction of sp³-hybridized carbons (Fsp3) is 0. The lowest BCUT2D eigenvalue weighted by molar-refractivity contribution is 0.475. The molecule has 2 aromatic heterocycles. The Balaban J connectivity index is 2.10. The molecule has 118 valence electrons. The van der Waals surface area contributed by atoms with Crippen LogP contribution in [0.3, 0.4) is 0 Å². The van der Waals surface area contributed by atoms with Gasteiger partial charge in [0.2, 0.25) is 5.95 Å². The number of aromatic nitrogens is 4. The van der Waals surface area contributed by atoms with Crippen LogP contribution in [0.4, 0.5) is 5.95 Å². The molecule has 4 aromatic rings. The molecule has 0 radical (unpaired) electrons. The molecule has 0 aliphatic heterocycles. The van der Waals surface area contributed by atoms with E-state index in [1.165, 1.54) is 16.9 Å². The summed E-state index contributed by atoms with van der Waals surface area (Å²) in [4.78, 5) is 8.83. The molecule has 2 heterocycles. The van der Waals surface area contributed by atoms with Crippen LogP contribution in [0.5, 0.6) is 5.75 Å². The second-order valence-corrected chi connectivity index (χ2v) is 5.63. The third-order valence-electron chi connectivity index (χ3n) is 3.74. The highest BCUT2D eigenvalue weighted by atomic mass is 35.5. The number of fused-ring (bicyclic) bond motifs is 1. The van der Waals surface area contributed by atoms with Gasteiger partial charge in [-0.15, -0.1) is 0 Å². The number of hydrogen-bond acceptors (Lipinski definition) is 5. The second-order valence-electron chi connectivity index (χ2n) is 5.22. The van der Waals surface area contributed by atoms with E-state index < -0.39 is 0 Å². The SMILES string of the molecule is Nc1nc(-c2ccccc2)c(-c2ccc(O)c(Cl)c2)c2ncnn12. The average Bonchev–Trinajstić information content (AvgIpc) is 3.08. The van der Waals surface area contributed by atoms with Crippen LogP contribution in [-0.4, -0.2) is 24.7 Å². The zero-order valence-corrected chi connectivity index (χ0v) is 13.1. The molecule has 0 fully saturated rings. The highest BCUT2D eigenvalue weighted by Crippen LogP contribution is 2.37. The van der Waals surface area contributed by atoms with Crippen molar-refractivity contribution in [3.05, 3.63) is 59.9 Å². The van der Waals surface area contributed by atoms with E-state index in [2.05, 4.69) is 15.1 Å². The molecule has 2 aromatic carbocycles. The van der Waals surface area contributed by atoms with Gasteiger partial charge < -0.3 is 10.8 Å². The van der Waals surface area contributed by atoms with Crippen molar-refractivity contribution in [1.82, 2.24) is 19.6 Å². The number of phenolic OH excluding ortho intramolecular Hbond substituents is 1. The van der Waals surface area contributed by atoms with Crippen LogP contribution in [0.2, 0.25) is 5.02 Å². The van der Waals surface area contributed by atoms with Gasteiger partial charge in [0.15, 0.2) is 5.65 Å². The van der Waals surface area contributed by atoms with Gasteiger partial charge in [0, 0.05) is 5.56 Å². The molecule has 0 aliphatic rings. The molecule has 0 amide bonds. The van der Waals surface area contributed by atoms with E-state index in [9.17, 15) is 5.11 Å². The zero-order valence-electron chi connectivity index (χ0n) is 12.4. The zero-order chi connectivity index (χ0) is 16.7. The monoisotopic (exact) mass is 337 g/mol. The highest BCUT2D eigenvalue weighted by molar-refractivity contribution is 6.32. The van der Waals surface area contributed by atoms with Gasteiger partial charge in [-0.1, -0.05) is 48.0 Å². The van der Waals surface area contributed by atoms with Gasteiger partial charge in [-0.3, -0.25) is 0 Å². The lowest BCUT2D eigenvalue weighted by Gasteiger charge is -2.12. The summed E-state index contributed by atoms with van der Waals surface area (Å²) < 4.78 is 1.47. The largest absolute Gasteiger partial charge is 0.506 e. The van der Waals surface area contributed by atoms with Crippen molar-refractivity contribution in [2.75, 3.05) is 5.73 Å². The van der Waals surface area contributed by atoms with Gasteiger partial charge >= 0.3 is 0 Å². The minimum Gasteiger partial charge on any atom is -0.506 e. The summed E-state index contributed by atoms with van der Waals surface area (Å²) in [5.41, 5.74) is 9.68. The van der Waals surface area contributed by atoms with Crippen molar-refractivity contribution >= 4 is 23.2 Å². The van der Waals surface area contributed by atoms with E-state index in [1.54, 1.807) is 12.1 Å². The van der Waals surface area contributed by atoms with E-state index in [0.29, 0.717) is 11.3 Å². The van der Waals surface area contributed by atoms with Gasteiger partial charge in [-0.25, -0.2) is 9.97 Å². The summed E-state index contributed by atoms with van der Waals surface area (Å²) in [6, 6.07) is 14.6. The molecule has 7 heteroatoms. The van der Waals surface area contributed by atoms with Crippen molar-refractivity contribution in [1.29, 1.82) is 0 Å². The molecule has 4 rings (SSSR count). The maximum Gasteiger partial charge on any atom is 0.223 e. The molecule has 24 heavy (non-hydrogen) atoms. The maximum absolute atomic E-state index is 9.69. The van der Waals surface area contributed by atoms with Crippen molar-refractivity contribution < 1.29 is 5.11 Å². The highest BCUT2D eigenvalue weighted by Gasteiger charge is 2.18. The Kier molecular flexibility index (Phi) is 3.32. The molecule has 0 saturated carbocycles. The number of halogens is 1. The summed E-state index contributed by atoms with van der Waals surface area (Å²) in [7, 11) is 0. The van der Waals surface area contributed by atoms with Crippen molar-refractivity contribution in [2.24, 2.45) is 0 Å². The first-order valence-corrected chi connectivity index (χ1v) is 7.56. The van der Waals surface area contributed by atoms with Crippen LogP contribution < -0.4 is 5.73 Å². The summed E-state index contributed by atoms with van der Waals surface area (Å²) in [5, 5.41) is 14.1. The third kappa shape index (κ3) is 2.24. The van der Waals surface area contributed by atoms with Crippen molar-refractivity contribution in [2.45, 2.75) is 0 Å². The van der Waals surface area contributed by atoms with Crippen LogP contribution in [0.1, 0.15) is 0 Å². The fourth-order valence-corrected chi connectivity index (χ4v) is 2.82. The number of rotatable bonds is 2. The summed E-state index contributed by atoms with van der Waals surface area (Å²) in [5.74, 6) is 0.262. The number of phenols is 1. The predicted molar refractivity (Wildman–Crippen MR) is 92.7 cm³/mol. The molecule has 3 N–H and O–H groups in total.